The second kappa shape index (κ2) is 7.86. The Kier molecular flexibility index (Phi) is 5.49. The molecule has 2 aromatic carbocycles. The lowest BCUT2D eigenvalue weighted by Crippen LogP contribution is -2.30. The number of nitrogens with zero attached hydrogens (tertiary/aromatic N) is 1. The molecule has 4 rings (SSSR count). The van der Waals surface area contributed by atoms with Crippen LogP contribution >= 0.6 is 35.0 Å². The maximum Gasteiger partial charge on any atom is 0.296 e. The highest BCUT2D eigenvalue weighted by Gasteiger charge is 2.50. The number of hydrogen-bond donors (Lipinski definition) is 0. The van der Waals surface area contributed by atoms with Crippen molar-refractivity contribution >= 4 is 52.3 Å². The second-order valence-corrected chi connectivity index (χ2v) is 9.30. The molecule has 140 valence electrons. The highest BCUT2D eigenvalue weighted by atomic mass is 35.5. The van der Waals surface area contributed by atoms with Gasteiger partial charge in [0, 0.05) is 21.0 Å². The molecule has 0 N–H and O–H groups in total. The fourth-order valence-electron chi connectivity index (χ4n) is 3.90. The van der Waals surface area contributed by atoms with Crippen LogP contribution in [0.1, 0.15) is 37.3 Å². The van der Waals surface area contributed by atoms with Gasteiger partial charge in [-0.15, -0.1) is 11.8 Å². The van der Waals surface area contributed by atoms with Crippen LogP contribution in [0.3, 0.4) is 0 Å². The van der Waals surface area contributed by atoms with E-state index >= 15 is 0 Å². The standard InChI is InChI=1S/C21H19Cl2NO2S/c22-14-10-8-13(9-11-14)18-20(27-17-6-1-2-7-17)19(25)21(26)24(18)16-5-3-4-15(23)12-16/h3-5,8-12,17-18,20H,1-2,6-7H2. The van der Waals surface area contributed by atoms with Gasteiger partial charge in [-0.25, -0.2) is 0 Å². The van der Waals surface area contributed by atoms with E-state index in [2.05, 4.69) is 0 Å². The first kappa shape index (κ1) is 18.9. The molecular formula is C21H19Cl2NO2S. The van der Waals surface area contributed by atoms with E-state index in [-0.39, 0.29) is 11.8 Å². The van der Waals surface area contributed by atoms with Crippen molar-refractivity contribution < 1.29 is 9.59 Å². The summed E-state index contributed by atoms with van der Waals surface area (Å²) in [4.78, 5) is 27.5. The number of anilines is 1. The Labute approximate surface area is 173 Å². The Bertz CT molecular complexity index is 865. The molecule has 2 fully saturated rings. The van der Waals surface area contributed by atoms with Crippen molar-refractivity contribution in [2.24, 2.45) is 0 Å². The van der Waals surface area contributed by atoms with Gasteiger partial charge in [-0.05, 0) is 48.7 Å². The zero-order chi connectivity index (χ0) is 19.0. The first-order valence-corrected chi connectivity index (χ1v) is 10.8. The number of thioether (sulfide) groups is 1. The van der Waals surface area contributed by atoms with E-state index in [1.807, 2.05) is 18.2 Å². The Morgan fingerprint density at radius 3 is 2.30 bits per heavy atom. The predicted molar refractivity (Wildman–Crippen MR) is 112 cm³/mol. The lowest BCUT2D eigenvalue weighted by molar-refractivity contribution is -0.133. The number of Topliss-reactive ketones (excluding diaryl/α,β-unsaturated/α-hetero) is 1. The summed E-state index contributed by atoms with van der Waals surface area (Å²) in [5.74, 6) is -0.792. The first-order chi connectivity index (χ1) is 13.0. The summed E-state index contributed by atoms with van der Waals surface area (Å²) in [5, 5.41) is 1.18. The van der Waals surface area contributed by atoms with E-state index < -0.39 is 11.2 Å². The summed E-state index contributed by atoms with van der Waals surface area (Å²) in [6.45, 7) is 0. The maximum absolute atomic E-state index is 12.9. The van der Waals surface area contributed by atoms with Crippen LogP contribution in [0, 0.1) is 0 Å². The highest BCUT2D eigenvalue weighted by molar-refractivity contribution is 8.01. The van der Waals surface area contributed by atoms with Crippen molar-refractivity contribution in [3.63, 3.8) is 0 Å². The van der Waals surface area contributed by atoms with Crippen molar-refractivity contribution in [2.75, 3.05) is 4.90 Å². The van der Waals surface area contributed by atoms with Crippen LogP contribution in [-0.4, -0.2) is 22.2 Å². The van der Waals surface area contributed by atoms with E-state index in [0.29, 0.717) is 21.0 Å². The number of hydrogen-bond acceptors (Lipinski definition) is 3. The quantitative estimate of drug-likeness (QED) is 0.596. The van der Waals surface area contributed by atoms with Gasteiger partial charge in [0.15, 0.2) is 0 Å². The van der Waals surface area contributed by atoms with E-state index in [1.54, 1.807) is 47.0 Å². The van der Waals surface area contributed by atoms with Gasteiger partial charge in [0.1, 0.15) is 0 Å². The molecule has 0 bridgehead atoms. The Hall–Kier alpha value is -1.49. The fraction of sp³-hybridized carbons (Fsp3) is 0.333. The molecule has 1 heterocycles. The van der Waals surface area contributed by atoms with Crippen LogP contribution in [-0.2, 0) is 9.59 Å². The molecular weight excluding hydrogens is 401 g/mol. The van der Waals surface area contributed by atoms with E-state index in [1.165, 1.54) is 12.8 Å². The molecule has 6 heteroatoms. The van der Waals surface area contributed by atoms with Gasteiger partial charge in [0.05, 0.1) is 11.3 Å². The van der Waals surface area contributed by atoms with E-state index in [0.717, 1.165) is 18.4 Å². The topological polar surface area (TPSA) is 37.4 Å². The molecule has 2 aromatic rings. The molecule has 0 aromatic heterocycles. The zero-order valence-corrected chi connectivity index (χ0v) is 16.9. The van der Waals surface area contributed by atoms with Gasteiger partial charge >= 0.3 is 0 Å². The minimum atomic E-state index is -0.465. The molecule has 2 atom stereocenters. The summed E-state index contributed by atoms with van der Waals surface area (Å²) in [7, 11) is 0. The van der Waals surface area contributed by atoms with Gasteiger partial charge in [-0.1, -0.05) is 54.2 Å². The minimum Gasteiger partial charge on any atom is -0.297 e. The molecule has 1 aliphatic heterocycles. The molecule has 1 aliphatic carbocycles. The van der Waals surface area contributed by atoms with Crippen molar-refractivity contribution in [1.82, 2.24) is 0 Å². The third-order valence-corrected chi connectivity index (χ3v) is 7.30. The Balaban J connectivity index is 1.76. The summed E-state index contributed by atoms with van der Waals surface area (Å²) in [6, 6.07) is 14.2. The van der Waals surface area contributed by atoms with E-state index in [4.69, 9.17) is 23.2 Å². The van der Waals surface area contributed by atoms with Gasteiger partial charge in [-0.2, -0.15) is 0 Å². The summed E-state index contributed by atoms with van der Waals surface area (Å²) in [6.07, 6.45) is 4.59. The lowest BCUT2D eigenvalue weighted by atomic mass is 10.0. The zero-order valence-electron chi connectivity index (χ0n) is 14.6. The highest BCUT2D eigenvalue weighted by Crippen LogP contribution is 2.45. The van der Waals surface area contributed by atoms with Crippen LogP contribution in [0.5, 0.6) is 0 Å². The van der Waals surface area contributed by atoms with Crippen LogP contribution in [0.2, 0.25) is 10.0 Å². The van der Waals surface area contributed by atoms with Crippen molar-refractivity contribution in [2.45, 2.75) is 42.2 Å². The molecule has 3 nitrogen and oxygen atoms in total. The Morgan fingerprint density at radius 1 is 0.926 bits per heavy atom. The van der Waals surface area contributed by atoms with Crippen molar-refractivity contribution in [1.29, 1.82) is 0 Å². The van der Waals surface area contributed by atoms with Crippen LogP contribution in [0.4, 0.5) is 5.69 Å². The van der Waals surface area contributed by atoms with Crippen LogP contribution in [0.15, 0.2) is 48.5 Å². The molecule has 0 spiro atoms. The lowest BCUT2D eigenvalue weighted by Gasteiger charge is -2.28. The average molecular weight is 420 g/mol. The van der Waals surface area contributed by atoms with Gasteiger partial charge in [0.25, 0.3) is 5.91 Å². The monoisotopic (exact) mass is 419 g/mol. The third kappa shape index (κ3) is 3.75. The molecule has 1 saturated heterocycles. The molecule has 1 amide bonds. The number of benzene rings is 2. The van der Waals surface area contributed by atoms with Gasteiger partial charge in [-0.3, -0.25) is 14.5 Å². The summed E-state index contributed by atoms with van der Waals surface area (Å²) < 4.78 is 0. The number of halogens is 2. The molecule has 27 heavy (non-hydrogen) atoms. The smallest absolute Gasteiger partial charge is 0.296 e. The number of rotatable bonds is 4. The summed E-state index contributed by atoms with van der Waals surface area (Å²) >= 11 is 13.9. The van der Waals surface area contributed by atoms with Crippen molar-refractivity contribution in [3.05, 3.63) is 64.1 Å². The first-order valence-electron chi connectivity index (χ1n) is 9.08. The number of amides is 1. The average Bonchev–Trinajstić information content (AvgIpc) is 3.25. The van der Waals surface area contributed by atoms with Crippen molar-refractivity contribution in [3.8, 4) is 0 Å². The fourth-order valence-corrected chi connectivity index (χ4v) is 5.88. The van der Waals surface area contributed by atoms with Gasteiger partial charge < -0.3 is 0 Å². The molecule has 0 radical (unpaired) electrons. The summed E-state index contributed by atoms with van der Waals surface area (Å²) in [5.41, 5.74) is 1.56. The van der Waals surface area contributed by atoms with Crippen LogP contribution < -0.4 is 4.90 Å². The third-order valence-electron chi connectivity index (χ3n) is 5.19. The van der Waals surface area contributed by atoms with Gasteiger partial charge in [0.2, 0.25) is 5.78 Å². The largest absolute Gasteiger partial charge is 0.297 e. The minimum absolute atomic E-state index is 0.327. The molecule has 2 unspecified atom stereocenters. The maximum atomic E-state index is 12.9. The predicted octanol–water partition coefficient (Wildman–Crippen LogP) is 5.69. The number of ketones is 1. The Morgan fingerprint density at radius 2 is 1.63 bits per heavy atom. The van der Waals surface area contributed by atoms with E-state index in [9.17, 15) is 9.59 Å². The normalized spacial score (nSPS) is 23.4. The molecule has 1 saturated carbocycles. The van der Waals surface area contributed by atoms with Crippen LogP contribution in [0.25, 0.3) is 0 Å². The molecule has 2 aliphatic rings. The number of carbonyl (C=O) groups excluding carboxylic acids is 2. The SMILES string of the molecule is O=C1C(=O)N(c2cccc(Cl)c2)C(c2ccc(Cl)cc2)C1SC1CCCC1. The second-order valence-electron chi connectivity index (χ2n) is 6.98. The number of carbonyl (C=O) groups is 2.